The third-order valence-electron chi connectivity index (χ3n) is 3.81. The van der Waals surface area contributed by atoms with Gasteiger partial charge in [-0.05, 0) is 26.2 Å². The number of carboxylic acid groups (broad SMARTS) is 1. The summed E-state index contributed by atoms with van der Waals surface area (Å²) in [6, 6.07) is 0. The lowest BCUT2D eigenvalue weighted by Gasteiger charge is -2.37. The molecule has 1 unspecified atom stereocenters. The van der Waals surface area contributed by atoms with E-state index < -0.39 is 11.4 Å². The molecule has 1 heterocycles. The van der Waals surface area contributed by atoms with Gasteiger partial charge in [0.2, 0.25) is 5.91 Å². The molecule has 1 N–H and O–H groups in total. The van der Waals surface area contributed by atoms with Crippen LogP contribution >= 0.6 is 0 Å². The van der Waals surface area contributed by atoms with Crippen molar-refractivity contribution in [3.05, 3.63) is 0 Å². The smallest absolute Gasteiger partial charge is 0.311 e. The van der Waals surface area contributed by atoms with Crippen molar-refractivity contribution in [3.63, 3.8) is 0 Å². The summed E-state index contributed by atoms with van der Waals surface area (Å²) >= 11 is 0. The summed E-state index contributed by atoms with van der Waals surface area (Å²) in [5, 5.41) is 9.21. The number of likely N-dealkylation sites (tertiary alicyclic amines) is 1. The van der Waals surface area contributed by atoms with Crippen LogP contribution < -0.4 is 0 Å². The highest BCUT2D eigenvalue weighted by atomic mass is 16.4. The van der Waals surface area contributed by atoms with E-state index in [-0.39, 0.29) is 5.91 Å². The van der Waals surface area contributed by atoms with Crippen LogP contribution in [0.15, 0.2) is 0 Å². The van der Waals surface area contributed by atoms with Gasteiger partial charge in [-0.1, -0.05) is 26.2 Å². The summed E-state index contributed by atoms with van der Waals surface area (Å²) in [7, 11) is 0. The quantitative estimate of drug-likeness (QED) is 0.742. The molecule has 0 spiro atoms. The predicted molar refractivity (Wildman–Crippen MR) is 70.3 cm³/mol. The van der Waals surface area contributed by atoms with Gasteiger partial charge < -0.3 is 10.0 Å². The number of carboxylic acids is 1. The molecule has 4 heteroatoms. The zero-order valence-electron chi connectivity index (χ0n) is 11.6. The Morgan fingerprint density at radius 2 is 2.00 bits per heavy atom. The highest BCUT2D eigenvalue weighted by Crippen LogP contribution is 2.30. The second-order valence-corrected chi connectivity index (χ2v) is 5.60. The minimum atomic E-state index is -0.786. The Kier molecular flexibility index (Phi) is 5.63. The van der Waals surface area contributed by atoms with E-state index in [2.05, 4.69) is 6.92 Å². The maximum absolute atomic E-state index is 12.0. The number of carbonyl (C=O) groups excluding carboxylic acids is 1. The topological polar surface area (TPSA) is 57.6 Å². The molecular weight excluding hydrogens is 230 g/mol. The van der Waals surface area contributed by atoms with Crippen LogP contribution in [-0.4, -0.2) is 35.0 Å². The summed E-state index contributed by atoms with van der Waals surface area (Å²) in [5.41, 5.74) is -0.753. The first kappa shape index (κ1) is 15.0. The van der Waals surface area contributed by atoms with Crippen LogP contribution in [0.3, 0.4) is 0 Å². The molecule has 0 saturated carbocycles. The Hall–Kier alpha value is -1.06. The minimum absolute atomic E-state index is 0.123. The van der Waals surface area contributed by atoms with Crippen molar-refractivity contribution >= 4 is 11.9 Å². The van der Waals surface area contributed by atoms with Gasteiger partial charge in [0, 0.05) is 19.5 Å². The van der Waals surface area contributed by atoms with Gasteiger partial charge in [-0.25, -0.2) is 0 Å². The molecule has 1 amide bonds. The molecule has 4 nitrogen and oxygen atoms in total. The van der Waals surface area contributed by atoms with Crippen molar-refractivity contribution in [1.82, 2.24) is 4.90 Å². The molecule has 0 bridgehead atoms. The third kappa shape index (κ3) is 4.00. The number of aliphatic carboxylic acids is 1. The highest BCUT2D eigenvalue weighted by Gasteiger charge is 2.39. The van der Waals surface area contributed by atoms with Crippen LogP contribution in [0.1, 0.15) is 58.8 Å². The lowest BCUT2D eigenvalue weighted by atomic mass is 9.82. The fourth-order valence-electron chi connectivity index (χ4n) is 2.49. The number of nitrogens with zero attached hydrogens (tertiary/aromatic N) is 1. The SMILES string of the molecule is CCCCCCC(=O)N1CCCC(C)(C(=O)O)C1. The number of hydrogen-bond donors (Lipinski definition) is 1. The molecule has 1 atom stereocenters. The van der Waals surface area contributed by atoms with Crippen LogP contribution in [-0.2, 0) is 9.59 Å². The predicted octanol–water partition coefficient (Wildman–Crippen LogP) is 2.67. The lowest BCUT2D eigenvalue weighted by Crippen LogP contribution is -2.48. The maximum atomic E-state index is 12.0. The molecule has 1 aliphatic heterocycles. The van der Waals surface area contributed by atoms with E-state index in [0.717, 1.165) is 32.2 Å². The molecule has 0 aromatic rings. The van der Waals surface area contributed by atoms with Gasteiger partial charge in [-0.2, -0.15) is 0 Å². The molecule has 1 aliphatic rings. The van der Waals surface area contributed by atoms with E-state index in [1.54, 1.807) is 11.8 Å². The van der Waals surface area contributed by atoms with Gasteiger partial charge >= 0.3 is 5.97 Å². The molecule has 104 valence electrons. The van der Waals surface area contributed by atoms with E-state index >= 15 is 0 Å². The molecule has 0 aliphatic carbocycles. The highest BCUT2D eigenvalue weighted by molar-refractivity contribution is 5.79. The number of unbranched alkanes of at least 4 members (excludes halogenated alkanes) is 3. The van der Waals surface area contributed by atoms with Gasteiger partial charge in [0.05, 0.1) is 5.41 Å². The molecule has 1 rings (SSSR count). The number of hydrogen-bond acceptors (Lipinski definition) is 2. The first-order chi connectivity index (χ1) is 8.49. The zero-order chi connectivity index (χ0) is 13.6. The average molecular weight is 255 g/mol. The second-order valence-electron chi connectivity index (χ2n) is 5.60. The first-order valence-corrected chi connectivity index (χ1v) is 7.01. The Morgan fingerprint density at radius 3 is 2.61 bits per heavy atom. The molecule has 0 aromatic heterocycles. The molecule has 1 fully saturated rings. The van der Waals surface area contributed by atoms with Gasteiger partial charge in [0.15, 0.2) is 0 Å². The fraction of sp³-hybridized carbons (Fsp3) is 0.857. The van der Waals surface area contributed by atoms with E-state index in [1.165, 1.54) is 6.42 Å². The van der Waals surface area contributed by atoms with Crippen LogP contribution in [0.5, 0.6) is 0 Å². The van der Waals surface area contributed by atoms with Crippen molar-refractivity contribution in [3.8, 4) is 0 Å². The van der Waals surface area contributed by atoms with Gasteiger partial charge in [-0.15, -0.1) is 0 Å². The maximum Gasteiger partial charge on any atom is 0.311 e. The van der Waals surface area contributed by atoms with Crippen LogP contribution in [0.2, 0.25) is 0 Å². The first-order valence-electron chi connectivity index (χ1n) is 7.01. The minimum Gasteiger partial charge on any atom is -0.481 e. The summed E-state index contributed by atoms with van der Waals surface area (Å²) in [6.07, 6.45) is 6.37. The Morgan fingerprint density at radius 1 is 1.28 bits per heavy atom. The number of amides is 1. The summed E-state index contributed by atoms with van der Waals surface area (Å²) in [4.78, 5) is 24.9. The van der Waals surface area contributed by atoms with Crippen molar-refractivity contribution in [2.45, 2.75) is 58.8 Å². The molecule has 1 saturated heterocycles. The molecule has 0 aromatic carbocycles. The third-order valence-corrected chi connectivity index (χ3v) is 3.81. The van der Waals surface area contributed by atoms with E-state index in [4.69, 9.17) is 0 Å². The summed E-state index contributed by atoms with van der Waals surface area (Å²) in [5.74, 6) is -0.663. The Bertz CT molecular complexity index is 303. The van der Waals surface area contributed by atoms with Crippen LogP contribution in [0.25, 0.3) is 0 Å². The normalized spacial score (nSPS) is 24.0. The van der Waals surface area contributed by atoms with Crippen molar-refractivity contribution < 1.29 is 14.7 Å². The number of rotatable bonds is 6. The van der Waals surface area contributed by atoms with Crippen molar-refractivity contribution in [1.29, 1.82) is 0 Å². The molecule has 18 heavy (non-hydrogen) atoms. The van der Waals surface area contributed by atoms with Crippen molar-refractivity contribution in [2.75, 3.05) is 13.1 Å². The van der Waals surface area contributed by atoms with E-state index in [9.17, 15) is 14.7 Å². The monoisotopic (exact) mass is 255 g/mol. The number of carbonyl (C=O) groups is 2. The summed E-state index contributed by atoms with van der Waals surface area (Å²) in [6.45, 7) is 4.97. The fourth-order valence-corrected chi connectivity index (χ4v) is 2.49. The average Bonchev–Trinajstić information content (AvgIpc) is 2.34. The Labute approximate surface area is 109 Å². The van der Waals surface area contributed by atoms with Crippen molar-refractivity contribution in [2.24, 2.45) is 5.41 Å². The summed E-state index contributed by atoms with van der Waals surface area (Å²) < 4.78 is 0. The van der Waals surface area contributed by atoms with E-state index in [1.807, 2.05) is 0 Å². The van der Waals surface area contributed by atoms with E-state index in [0.29, 0.717) is 19.4 Å². The van der Waals surface area contributed by atoms with Crippen LogP contribution in [0.4, 0.5) is 0 Å². The van der Waals surface area contributed by atoms with Crippen LogP contribution in [0, 0.1) is 5.41 Å². The zero-order valence-corrected chi connectivity index (χ0v) is 11.6. The molecular formula is C14H25NO3. The number of piperidine rings is 1. The molecule has 0 radical (unpaired) electrons. The van der Waals surface area contributed by atoms with Gasteiger partial charge in [0.25, 0.3) is 0 Å². The standard InChI is InChI=1S/C14H25NO3/c1-3-4-5-6-8-12(16)15-10-7-9-14(2,11-15)13(17)18/h3-11H2,1-2H3,(H,17,18). The Balaban J connectivity index is 2.41. The second kappa shape index (κ2) is 6.76. The van der Waals surface area contributed by atoms with Gasteiger partial charge in [-0.3, -0.25) is 9.59 Å². The lowest BCUT2D eigenvalue weighted by molar-refractivity contribution is -0.153. The van der Waals surface area contributed by atoms with Gasteiger partial charge in [0.1, 0.15) is 0 Å². The largest absolute Gasteiger partial charge is 0.481 e.